The lowest BCUT2D eigenvalue weighted by atomic mass is 9.99. The van der Waals surface area contributed by atoms with Crippen molar-refractivity contribution in [2.75, 3.05) is 7.05 Å². The fourth-order valence-corrected chi connectivity index (χ4v) is 2.19. The van der Waals surface area contributed by atoms with Gasteiger partial charge < -0.3 is 5.32 Å². The Morgan fingerprint density at radius 1 is 1.22 bits per heavy atom. The molecule has 0 radical (unpaired) electrons. The summed E-state index contributed by atoms with van der Waals surface area (Å²) in [4.78, 5) is 4.37. The number of nitrogens with one attached hydrogen (secondary N) is 2. The molecule has 0 saturated carbocycles. The number of aromatic amines is 1. The SMILES string of the molecule is CNC(c1cn[nH]n1)c1cccc2ncccc12. The van der Waals surface area contributed by atoms with Gasteiger partial charge in [-0.1, -0.05) is 18.2 Å². The summed E-state index contributed by atoms with van der Waals surface area (Å²) in [5.41, 5.74) is 3.00. The summed E-state index contributed by atoms with van der Waals surface area (Å²) in [5.74, 6) is 0. The van der Waals surface area contributed by atoms with Crippen LogP contribution in [0.25, 0.3) is 10.9 Å². The van der Waals surface area contributed by atoms with E-state index >= 15 is 0 Å². The Balaban J connectivity index is 2.18. The number of rotatable bonds is 3. The third kappa shape index (κ3) is 1.74. The quantitative estimate of drug-likeness (QED) is 0.729. The largest absolute Gasteiger partial charge is 0.308 e. The molecule has 0 aliphatic carbocycles. The van der Waals surface area contributed by atoms with Crippen molar-refractivity contribution in [2.24, 2.45) is 0 Å². The van der Waals surface area contributed by atoms with Gasteiger partial charge in [0.1, 0.15) is 5.69 Å². The van der Waals surface area contributed by atoms with E-state index in [1.807, 2.05) is 25.2 Å². The Hall–Kier alpha value is -2.27. The fourth-order valence-electron chi connectivity index (χ4n) is 2.19. The fraction of sp³-hybridized carbons (Fsp3) is 0.154. The molecule has 1 unspecified atom stereocenters. The molecule has 90 valence electrons. The van der Waals surface area contributed by atoms with E-state index in [0.29, 0.717) is 0 Å². The molecule has 5 heteroatoms. The number of pyridine rings is 1. The van der Waals surface area contributed by atoms with Crippen molar-refractivity contribution in [3.8, 4) is 0 Å². The first-order valence-corrected chi connectivity index (χ1v) is 5.76. The summed E-state index contributed by atoms with van der Waals surface area (Å²) in [6.07, 6.45) is 3.53. The van der Waals surface area contributed by atoms with Crippen LogP contribution in [-0.2, 0) is 0 Å². The van der Waals surface area contributed by atoms with Crippen LogP contribution < -0.4 is 5.32 Å². The van der Waals surface area contributed by atoms with Crippen molar-refractivity contribution in [3.63, 3.8) is 0 Å². The molecule has 0 aliphatic heterocycles. The molecule has 2 heterocycles. The number of benzene rings is 1. The molecule has 2 N–H and O–H groups in total. The molecule has 1 atom stereocenters. The molecule has 0 saturated heterocycles. The normalized spacial score (nSPS) is 12.7. The van der Waals surface area contributed by atoms with E-state index in [9.17, 15) is 0 Å². The molecule has 2 aromatic heterocycles. The van der Waals surface area contributed by atoms with Crippen molar-refractivity contribution >= 4 is 10.9 Å². The molecule has 0 amide bonds. The predicted molar refractivity (Wildman–Crippen MR) is 69.0 cm³/mol. The van der Waals surface area contributed by atoms with Crippen molar-refractivity contribution in [1.29, 1.82) is 0 Å². The third-order valence-electron chi connectivity index (χ3n) is 3.01. The lowest BCUT2D eigenvalue weighted by Gasteiger charge is -2.15. The van der Waals surface area contributed by atoms with Crippen LogP contribution in [0.2, 0.25) is 0 Å². The Morgan fingerprint density at radius 3 is 2.94 bits per heavy atom. The average Bonchev–Trinajstić information content (AvgIpc) is 2.94. The number of fused-ring (bicyclic) bond motifs is 1. The predicted octanol–water partition coefficient (Wildman–Crippen LogP) is 1.66. The van der Waals surface area contributed by atoms with Gasteiger partial charge in [0, 0.05) is 11.6 Å². The van der Waals surface area contributed by atoms with Crippen molar-refractivity contribution in [1.82, 2.24) is 25.7 Å². The molecule has 5 nitrogen and oxygen atoms in total. The zero-order valence-electron chi connectivity index (χ0n) is 9.96. The highest BCUT2D eigenvalue weighted by molar-refractivity contribution is 5.82. The van der Waals surface area contributed by atoms with Gasteiger partial charge in [-0.15, -0.1) is 0 Å². The molecule has 0 aliphatic rings. The smallest absolute Gasteiger partial charge is 0.104 e. The second-order valence-corrected chi connectivity index (χ2v) is 4.03. The summed E-state index contributed by atoms with van der Waals surface area (Å²) in [6.45, 7) is 0. The van der Waals surface area contributed by atoms with E-state index < -0.39 is 0 Å². The summed E-state index contributed by atoms with van der Waals surface area (Å²) >= 11 is 0. The van der Waals surface area contributed by atoms with Crippen LogP contribution in [0.5, 0.6) is 0 Å². The highest BCUT2D eigenvalue weighted by Crippen LogP contribution is 2.26. The molecular weight excluding hydrogens is 226 g/mol. The van der Waals surface area contributed by atoms with Gasteiger partial charge >= 0.3 is 0 Å². The monoisotopic (exact) mass is 239 g/mol. The van der Waals surface area contributed by atoms with E-state index in [4.69, 9.17) is 0 Å². The summed E-state index contributed by atoms with van der Waals surface area (Å²) < 4.78 is 0. The molecule has 3 aromatic rings. The molecule has 18 heavy (non-hydrogen) atoms. The van der Waals surface area contributed by atoms with E-state index in [0.717, 1.165) is 22.2 Å². The first-order chi connectivity index (χ1) is 8.90. The van der Waals surface area contributed by atoms with Crippen LogP contribution >= 0.6 is 0 Å². The minimum atomic E-state index is 0.0108. The minimum Gasteiger partial charge on any atom is -0.308 e. The van der Waals surface area contributed by atoms with Crippen LogP contribution in [0, 0.1) is 0 Å². The highest BCUT2D eigenvalue weighted by atomic mass is 15.3. The maximum Gasteiger partial charge on any atom is 0.104 e. The standard InChI is InChI=1S/C13H13N5/c1-14-13(12-8-16-18-17-12)10-4-2-6-11-9(10)5-3-7-15-11/h2-8,13-14H,1H3,(H,16,17,18). The molecule has 0 bridgehead atoms. The second kappa shape index (κ2) is 4.54. The van der Waals surface area contributed by atoms with Gasteiger partial charge in [0.25, 0.3) is 0 Å². The van der Waals surface area contributed by atoms with Gasteiger partial charge in [-0.25, -0.2) is 0 Å². The molecular formula is C13H13N5. The lowest BCUT2D eigenvalue weighted by molar-refractivity contribution is 0.672. The molecule has 1 aromatic carbocycles. The second-order valence-electron chi connectivity index (χ2n) is 4.03. The van der Waals surface area contributed by atoms with Crippen LogP contribution in [-0.4, -0.2) is 27.4 Å². The zero-order chi connectivity index (χ0) is 12.4. The molecule has 3 rings (SSSR count). The average molecular weight is 239 g/mol. The maximum atomic E-state index is 4.37. The first-order valence-electron chi connectivity index (χ1n) is 5.76. The molecule has 0 spiro atoms. The minimum absolute atomic E-state index is 0.0108. The van der Waals surface area contributed by atoms with Gasteiger partial charge in [0.15, 0.2) is 0 Å². The number of hydrogen-bond donors (Lipinski definition) is 2. The third-order valence-corrected chi connectivity index (χ3v) is 3.01. The van der Waals surface area contributed by atoms with Gasteiger partial charge in [0.05, 0.1) is 17.8 Å². The van der Waals surface area contributed by atoms with E-state index in [1.54, 1.807) is 12.4 Å². The van der Waals surface area contributed by atoms with Crippen LogP contribution in [0.3, 0.4) is 0 Å². The number of H-pyrrole nitrogens is 1. The Bertz CT molecular complexity index is 642. The molecule has 0 fully saturated rings. The highest BCUT2D eigenvalue weighted by Gasteiger charge is 2.16. The van der Waals surface area contributed by atoms with E-state index in [1.165, 1.54) is 0 Å². The number of aromatic nitrogens is 4. The summed E-state index contributed by atoms with van der Waals surface area (Å²) in [5, 5.41) is 15.1. The van der Waals surface area contributed by atoms with Crippen LogP contribution in [0.1, 0.15) is 17.3 Å². The van der Waals surface area contributed by atoms with Crippen molar-refractivity contribution in [3.05, 3.63) is 54.0 Å². The number of nitrogens with zero attached hydrogens (tertiary/aromatic N) is 3. The van der Waals surface area contributed by atoms with E-state index in [2.05, 4.69) is 37.8 Å². The maximum absolute atomic E-state index is 4.37. The summed E-state index contributed by atoms with van der Waals surface area (Å²) in [7, 11) is 1.91. The Kier molecular flexibility index (Phi) is 2.74. The number of hydrogen-bond acceptors (Lipinski definition) is 4. The lowest BCUT2D eigenvalue weighted by Crippen LogP contribution is -2.18. The van der Waals surface area contributed by atoms with Crippen LogP contribution in [0.15, 0.2) is 42.7 Å². The first kappa shape index (κ1) is 10.9. The van der Waals surface area contributed by atoms with Gasteiger partial charge in [-0.3, -0.25) is 4.98 Å². The van der Waals surface area contributed by atoms with Gasteiger partial charge in [0.2, 0.25) is 0 Å². The topological polar surface area (TPSA) is 66.5 Å². The van der Waals surface area contributed by atoms with Gasteiger partial charge in [-0.2, -0.15) is 15.4 Å². The van der Waals surface area contributed by atoms with E-state index in [-0.39, 0.29) is 6.04 Å². The summed E-state index contributed by atoms with van der Waals surface area (Å²) in [6, 6.07) is 10.1. The van der Waals surface area contributed by atoms with Crippen LogP contribution in [0.4, 0.5) is 0 Å². The zero-order valence-corrected chi connectivity index (χ0v) is 9.96. The Labute approximate surface area is 104 Å². The van der Waals surface area contributed by atoms with Crippen molar-refractivity contribution in [2.45, 2.75) is 6.04 Å². The van der Waals surface area contributed by atoms with Crippen molar-refractivity contribution < 1.29 is 0 Å². The Morgan fingerprint density at radius 2 is 2.17 bits per heavy atom. The van der Waals surface area contributed by atoms with Gasteiger partial charge in [-0.05, 0) is 24.7 Å².